The maximum absolute atomic E-state index is 14.3. The van der Waals surface area contributed by atoms with Crippen LogP contribution in [0.3, 0.4) is 0 Å². The molecule has 1 fully saturated rings. The zero-order chi connectivity index (χ0) is 31.1. The first-order chi connectivity index (χ1) is 21.3. The Hall–Kier alpha value is -4.25. The van der Waals surface area contributed by atoms with Gasteiger partial charge in [-0.2, -0.15) is 0 Å². The monoisotopic (exact) mass is 621 g/mol. The fraction of sp³-hybridized carbons (Fsp3) is 0.394. The number of amides is 2. The summed E-state index contributed by atoms with van der Waals surface area (Å²) in [4.78, 5) is 29.5. The second-order valence-corrected chi connectivity index (χ2v) is 12.8. The highest BCUT2D eigenvalue weighted by Gasteiger charge is 2.35. The van der Waals surface area contributed by atoms with Gasteiger partial charge in [0.1, 0.15) is 31.5 Å². The number of fused-ring (bicyclic) bond motifs is 1. The molecule has 0 unspecified atom stereocenters. The zero-order valence-corrected chi connectivity index (χ0v) is 25.9. The molecule has 1 atom stereocenters. The lowest BCUT2D eigenvalue weighted by molar-refractivity contribution is -0.140. The van der Waals surface area contributed by atoms with Crippen LogP contribution in [0.4, 0.5) is 5.69 Å². The Balaban J connectivity index is 1.52. The largest absolute Gasteiger partial charge is 0.497 e. The van der Waals surface area contributed by atoms with Crippen LogP contribution in [0.5, 0.6) is 17.2 Å². The third kappa shape index (κ3) is 7.10. The summed E-state index contributed by atoms with van der Waals surface area (Å²) in [6.07, 6.45) is 4.26. The number of hydrogen-bond acceptors (Lipinski definition) is 7. The number of rotatable bonds is 12. The van der Waals surface area contributed by atoms with Crippen molar-refractivity contribution in [1.82, 2.24) is 10.2 Å². The van der Waals surface area contributed by atoms with Crippen molar-refractivity contribution < 1.29 is 32.2 Å². The minimum Gasteiger partial charge on any atom is -0.497 e. The van der Waals surface area contributed by atoms with Crippen LogP contribution < -0.4 is 23.8 Å². The van der Waals surface area contributed by atoms with Gasteiger partial charge in [0.05, 0.1) is 17.7 Å². The Morgan fingerprint density at radius 3 is 2.39 bits per heavy atom. The smallest absolute Gasteiger partial charge is 0.264 e. The molecule has 3 aromatic carbocycles. The van der Waals surface area contributed by atoms with Crippen LogP contribution in [0, 0.1) is 0 Å². The number of benzene rings is 3. The van der Waals surface area contributed by atoms with E-state index in [1.54, 1.807) is 55.6 Å². The number of methoxy groups -OCH3 is 1. The minimum atomic E-state index is -4.20. The molecular formula is C33H39N3O7S. The third-order valence-corrected chi connectivity index (χ3v) is 9.79. The van der Waals surface area contributed by atoms with Crippen LogP contribution in [-0.2, 0) is 26.2 Å². The van der Waals surface area contributed by atoms with E-state index >= 15 is 0 Å². The molecule has 1 N–H and O–H groups in total. The lowest BCUT2D eigenvalue weighted by Crippen LogP contribution is -2.53. The molecule has 44 heavy (non-hydrogen) atoms. The van der Waals surface area contributed by atoms with Crippen molar-refractivity contribution in [3.8, 4) is 17.2 Å². The van der Waals surface area contributed by atoms with Crippen molar-refractivity contribution in [3.05, 3.63) is 78.4 Å². The second kappa shape index (κ2) is 14.0. The lowest BCUT2D eigenvalue weighted by atomic mass is 10.1. The van der Waals surface area contributed by atoms with E-state index in [1.807, 2.05) is 19.1 Å². The molecule has 0 spiro atoms. The normalized spacial score (nSPS) is 15.3. The SMILES string of the molecule is CC[C@@H](C(=O)NC1CCCC1)N(Cc1cccc(OC)c1)C(=O)CN(c1ccc2c(c1)OCCO2)S(=O)(=O)c1ccccc1. The molecule has 0 bridgehead atoms. The molecule has 2 amide bonds. The summed E-state index contributed by atoms with van der Waals surface area (Å²) >= 11 is 0. The van der Waals surface area contributed by atoms with Gasteiger partial charge in [-0.3, -0.25) is 13.9 Å². The van der Waals surface area contributed by atoms with Crippen LogP contribution in [0.1, 0.15) is 44.6 Å². The van der Waals surface area contributed by atoms with Gasteiger partial charge in [0.15, 0.2) is 11.5 Å². The molecule has 1 heterocycles. The van der Waals surface area contributed by atoms with E-state index in [4.69, 9.17) is 14.2 Å². The van der Waals surface area contributed by atoms with E-state index in [-0.39, 0.29) is 29.1 Å². The first-order valence-corrected chi connectivity index (χ1v) is 16.4. The van der Waals surface area contributed by atoms with Gasteiger partial charge in [0, 0.05) is 18.7 Å². The van der Waals surface area contributed by atoms with Crippen molar-refractivity contribution >= 4 is 27.5 Å². The maximum atomic E-state index is 14.3. The highest BCUT2D eigenvalue weighted by Crippen LogP contribution is 2.36. The molecular weight excluding hydrogens is 582 g/mol. The van der Waals surface area contributed by atoms with Crippen molar-refractivity contribution in [2.24, 2.45) is 0 Å². The predicted octanol–water partition coefficient (Wildman–Crippen LogP) is 4.53. The molecule has 2 aliphatic rings. The molecule has 10 nitrogen and oxygen atoms in total. The van der Waals surface area contributed by atoms with E-state index in [0.717, 1.165) is 35.6 Å². The highest BCUT2D eigenvalue weighted by atomic mass is 32.2. The lowest BCUT2D eigenvalue weighted by Gasteiger charge is -2.34. The van der Waals surface area contributed by atoms with Crippen molar-refractivity contribution in [2.45, 2.75) is 62.6 Å². The summed E-state index contributed by atoms with van der Waals surface area (Å²) in [6, 6.07) is 19.3. The first-order valence-electron chi connectivity index (χ1n) is 15.0. The van der Waals surface area contributed by atoms with Gasteiger partial charge in [0.2, 0.25) is 11.8 Å². The van der Waals surface area contributed by atoms with Gasteiger partial charge < -0.3 is 24.4 Å². The molecule has 5 rings (SSSR count). The molecule has 0 aromatic heterocycles. The van der Waals surface area contributed by atoms with E-state index in [1.165, 1.54) is 17.0 Å². The summed E-state index contributed by atoms with van der Waals surface area (Å²) in [6.45, 7) is 2.12. The maximum Gasteiger partial charge on any atom is 0.264 e. The minimum absolute atomic E-state index is 0.0352. The van der Waals surface area contributed by atoms with E-state index in [9.17, 15) is 18.0 Å². The third-order valence-electron chi connectivity index (χ3n) is 8.00. The van der Waals surface area contributed by atoms with Crippen LogP contribution in [0.2, 0.25) is 0 Å². The van der Waals surface area contributed by atoms with Crippen molar-refractivity contribution in [3.63, 3.8) is 0 Å². The fourth-order valence-electron chi connectivity index (χ4n) is 5.69. The number of ether oxygens (including phenoxy) is 3. The Morgan fingerprint density at radius 2 is 1.68 bits per heavy atom. The van der Waals surface area contributed by atoms with E-state index in [0.29, 0.717) is 36.9 Å². The van der Waals surface area contributed by atoms with Crippen LogP contribution in [0.15, 0.2) is 77.7 Å². The average molecular weight is 622 g/mol. The summed E-state index contributed by atoms with van der Waals surface area (Å²) in [5.74, 6) is 0.744. The van der Waals surface area contributed by atoms with E-state index in [2.05, 4.69) is 5.32 Å². The van der Waals surface area contributed by atoms with Gasteiger partial charge in [-0.15, -0.1) is 0 Å². The number of nitrogens with zero attached hydrogens (tertiary/aromatic N) is 2. The molecule has 1 saturated carbocycles. The van der Waals surface area contributed by atoms with Gasteiger partial charge in [-0.25, -0.2) is 8.42 Å². The van der Waals surface area contributed by atoms with Crippen LogP contribution >= 0.6 is 0 Å². The molecule has 3 aromatic rings. The number of sulfonamides is 1. The summed E-state index contributed by atoms with van der Waals surface area (Å²) in [7, 11) is -2.63. The van der Waals surface area contributed by atoms with Crippen molar-refractivity contribution in [2.75, 3.05) is 31.2 Å². The Bertz CT molecular complexity index is 1560. The molecule has 1 aliphatic heterocycles. The Morgan fingerprint density at radius 1 is 0.955 bits per heavy atom. The summed E-state index contributed by atoms with van der Waals surface area (Å²) < 4.78 is 46.0. The van der Waals surface area contributed by atoms with Crippen molar-refractivity contribution in [1.29, 1.82) is 0 Å². The van der Waals surface area contributed by atoms with E-state index < -0.39 is 28.5 Å². The molecule has 1 aliphatic carbocycles. The fourth-order valence-corrected chi connectivity index (χ4v) is 7.12. The highest BCUT2D eigenvalue weighted by molar-refractivity contribution is 7.92. The topological polar surface area (TPSA) is 114 Å². The predicted molar refractivity (Wildman–Crippen MR) is 166 cm³/mol. The average Bonchev–Trinajstić information content (AvgIpc) is 3.56. The number of hydrogen-bond donors (Lipinski definition) is 1. The number of carbonyl (C=O) groups is 2. The summed E-state index contributed by atoms with van der Waals surface area (Å²) in [5.41, 5.74) is 0.998. The van der Waals surface area contributed by atoms with Crippen LogP contribution in [0.25, 0.3) is 0 Å². The molecule has 234 valence electrons. The Kier molecular flexibility index (Phi) is 9.94. The molecule has 0 saturated heterocycles. The number of anilines is 1. The molecule has 0 radical (unpaired) electrons. The number of carbonyl (C=O) groups excluding carboxylic acids is 2. The standard InChI is InChI=1S/C33H39N3O7S/c1-3-29(33(38)34-25-11-7-8-12-25)35(22-24-10-9-13-27(20-24)41-2)32(37)23-36(44(39,40)28-14-5-4-6-15-28)26-16-17-30-31(21-26)43-19-18-42-30/h4-6,9-10,13-17,20-21,25,29H,3,7-8,11-12,18-19,22-23H2,1-2H3,(H,34,38)/t29-/m0/s1. The second-order valence-electron chi connectivity index (χ2n) is 10.9. The van der Waals surface area contributed by atoms with Gasteiger partial charge >= 0.3 is 0 Å². The quantitative estimate of drug-likeness (QED) is 0.316. The van der Waals surface area contributed by atoms with Gasteiger partial charge in [-0.1, -0.05) is 50.1 Å². The first kappa shape index (κ1) is 31.2. The summed E-state index contributed by atoms with van der Waals surface area (Å²) in [5, 5.41) is 3.13. The molecule has 11 heteroatoms. The van der Waals surface area contributed by atoms with Crippen LogP contribution in [-0.4, -0.2) is 64.1 Å². The zero-order valence-electron chi connectivity index (χ0n) is 25.1. The van der Waals surface area contributed by atoms with Gasteiger partial charge in [0.25, 0.3) is 10.0 Å². The van der Waals surface area contributed by atoms with Gasteiger partial charge in [-0.05, 0) is 61.2 Å². The Labute approximate surface area is 259 Å². The number of nitrogens with one attached hydrogen (secondary N) is 1.